The van der Waals surface area contributed by atoms with Crippen LogP contribution in [0.4, 0.5) is 17.1 Å². The van der Waals surface area contributed by atoms with Crippen molar-refractivity contribution in [1.82, 2.24) is 15.0 Å². The summed E-state index contributed by atoms with van der Waals surface area (Å²) in [6, 6.07) is 18.1. The van der Waals surface area contributed by atoms with Gasteiger partial charge in [-0.3, -0.25) is 14.8 Å². The van der Waals surface area contributed by atoms with E-state index in [4.69, 9.17) is 4.74 Å². The number of H-pyrrole nitrogens is 1. The minimum absolute atomic E-state index is 0.143. The van der Waals surface area contributed by atoms with Crippen LogP contribution in [0.25, 0.3) is 10.9 Å². The van der Waals surface area contributed by atoms with E-state index in [1.807, 2.05) is 31.3 Å². The summed E-state index contributed by atoms with van der Waals surface area (Å²) in [6.45, 7) is 2.25. The number of hydrogen-bond acceptors (Lipinski definition) is 6. The molecule has 0 amide bonds. The molecule has 7 nitrogen and oxygen atoms in total. The number of aromatic amines is 1. The van der Waals surface area contributed by atoms with Gasteiger partial charge in [0.2, 0.25) is 0 Å². The number of fused-ring (bicyclic) bond motifs is 1. The van der Waals surface area contributed by atoms with E-state index in [2.05, 4.69) is 49.0 Å². The van der Waals surface area contributed by atoms with Crippen molar-refractivity contribution in [2.45, 2.75) is 12.8 Å². The van der Waals surface area contributed by atoms with Gasteiger partial charge in [-0.1, -0.05) is 6.07 Å². The minimum Gasteiger partial charge on any atom is -0.426 e. The first-order chi connectivity index (χ1) is 15.2. The predicted molar refractivity (Wildman–Crippen MR) is 123 cm³/mol. The highest BCUT2D eigenvalue weighted by atomic mass is 16.5. The molecule has 0 unspecified atom stereocenters. The Hall–Kier alpha value is -3.87. The van der Waals surface area contributed by atoms with Crippen LogP contribution in [-0.2, 0) is 0 Å². The first-order valence-corrected chi connectivity index (χ1v) is 10.4. The lowest BCUT2D eigenvalue weighted by Crippen LogP contribution is -2.18. The van der Waals surface area contributed by atoms with Crippen molar-refractivity contribution in [1.29, 1.82) is 0 Å². The van der Waals surface area contributed by atoms with E-state index in [1.165, 1.54) is 18.5 Å². The van der Waals surface area contributed by atoms with Crippen molar-refractivity contribution in [3.05, 3.63) is 77.3 Å². The topological polar surface area (TPSA) is 74.3 Å². The maximum absolute atomic E-state index is 12.2. The van der Waals surface area contributed by atoms with Gasteiger partial charge >= 0.3 is 6.01 Å². The van der Waals surface area contributed by atoms with E-state index in [1.54, 1.807) is 18.5 Å². The van der Waals surface area contributed by atoms with Crippen molar-refractivity contribution in [3.63, 3.8) is 0 Å². The first kappa shape index (κ1) is 19.1. The molecule has 0 bridgehead atoms. The molecule has 0 aliphatic carbocycles. The number of nitrogens with zero attached hydrogens (tertiary/aromatic N) is 4. The highest BCUT2D eigenvalue weighted by molar-refractivity contribution is 5.76. The van der Waals surface area contributed by atoms with E-state index in [-0.39, 0.29) is 11.6 Å². The summed E-state index contributed by atoms with van der Waals surface area (Å²) < 4.78 is 5.77. The molecular weight excluding hydrogens is 390 g/mol. The van der Waals surface area contributed by atoms with Gasteiger partial charge in [-0.2, -0.15) is 4.98 Å². The summed E-state index contributed by atoms with van der Waals surface area (Å²) in [5.41, 5.74) is 3.68. The third kappa shape index (κ3) is 3.94. The monoisotopic (exact) mass is 413 g/mol. The van der Waals surface area contributed by atoms with Crippen LogP contribution in [0.3, 0.4) is 0 Å². The number of ether oxygens (including phenoxy) is 1. The normalized spacial score (nSPS) is 13.5. The zero-order valence-corrected chi connectivity index (χ0v) is 17.3. The fraction of sp³-hybridized carbons (Fsp3) is 0.208. The summed E-state index contributed by atoms with van der Waals surface area (Å²) >= 11 is 0. The van der Waals surface area contributed by atoms with Crippen LogP contribution in [0.5, 0.6) is 11.8 Å². The van der Waals surface area contributed by atoms with Gasteiger partial charge in [-0.15, -0.1) is 0 Å². The number of anilines is 3. The lowest BCUT2D eigenvalue weighted by atomic mass is 10.2. The molecule has 2 aromatic heterocycles. The molecule has 5 rings (SSSR count). The predicted octanol–water partition coefficient (Wildman–Crippen LogP) is 4.48. The SMILES string of the molecule is CN(c1ccc(Oc2nc3cnccc3c(=O)[nH]2)cc1)c1cccc(N2CCCC2)c1. The fourth-order valence-electron chi connectivity index (χ4n) is 3.89. The summed E-state index contributed by atoms with van der Waals surface area (Å²) in [5, 5.41) is 0.482. The van der Waals surface area contributed by atoms with Gasteiger partial charge in [-0.25, -0.2) is 0 Å². The molecule has 7 heteroatoms. The summed E-state index contributed by atoms with van der Waals surface area (Å²) in [5.74, 6) is 0.592. The Balaban J connectivity index is 1.34. The molecule has 1 N–H and O–H groups in total. The van der Waals surface area contributed by atoms with Crippen LogP contribution in [0.15, 0.2) is 71.8 Å². The standard InChI is InChI=1S/C24H23N5O2/c1-28(18-5-4-6-19(15-18)29-13-2-3-14-29)17-7-9-20(10-8-17)31-24-26-22-16-25-12-11-21(22)23(30)27-24/h4-12,15-16H,2-3,13-14H2,1H3,(H,26,27,30). The minimum atomic E-state index is -0.253. The van der Waals surface area contributed by atoms with Gasteiger partial charge < -0.3 is 14.5 Å². The van der Waals surface area contributed by atoms with Crippen molar-refractivity contribution < 1.29 is 4.74 Å². The number of pyridine rings is 1. The quantitative estimate of drug-likeness (QED) is 0.520. The second-order valence-electron chi connectivity index (χ2n) is 7.63. The van der Waals surface area contributed by atoms with Crippen molar-refractivity contribution in [2.75, 3.05) is 29.9 Å². The van der Waals surface area contributed by atoms with Gasteiger partial charge in [0.1, 0.15) is 5.75 Å². The molecule has 1 aliphatic heterocycles. The lowest BCUT2D eigenvalue weighted by Gasteiger charge is -2.23. The second kappa shape index (κ2) is 8.10. The third-order valence-corrected chi connectivity index (χ3v) is 5.61. The van der Waals surface area contributed by atoms with E-state index >= 15 is 0 Å². The molecule has 0 atom stereocenters. The number of rotatable bonds is 5. The molecule has 3 heterocycles. The van der Waals surface area contributed by atoms with Crippen molar-refractivity contribution in [3.8, 4) is 11.8 Å². The number of benzene rings is 2. The first-order valence-electron chi connectivity index (χ1n) is 10.4. The lowest BCUT2D eigenvalue weighted by molar-refractivity contribution is 0.443. The van der Waals surface area contributed by atoms with Gasteiger partial charge in [0.25, 0.3) is 5.56 Å². The Bertz CT molecular complexity index is 1260. The zero-order chi connectivity index (χ0) is 21.2. The fourth-order valence-corrected chi connectivity index (χ4v) is 3.89. The van der Waals surface area contributed by atoms with Gasteiger partial charge in [0.05, 0.1) is 17.1 Å². The smallest absolute Gasteiger partial charge is 0.302 e. The summed E-state index contributed by atoms with van der Waals surface area (Å²) in [4.78, 5) is 27.8. The Morgan fingerprint density at radius 1 is 1.03 bits per heavy atom. The molecule has 0 saturated carbocycles. The van der Waals surface area contributed by atoms with E-state index in [0.29, 0.717) is 16.7 Å². The molecule has 0 spiro atoms. The van der Waals surface area contributed by atoms with E-state index in [9.17, 15) is 4.79 Å². The van der Waals surface area contributed by atoms with Gasteiger partial charge in [-0.05, 0) is 61.4 Å². The Kier molecular flexibility index (Phi) is 5.00. The van der Waals surface area contributed by atoms with E-state index < -0.39 is 0 Å². The largest absolute Gasteiger partial charge is 0.426 e. The molecule has 1 saturated heterocycles. The van der Waals surface area contributed by atoms with Gasteiger partial charge in [0.15, 0.2) is 0 Å². The third-order valence-electron chi connectivity index (χ3n) is 5.61. The Morgan fingerprint density at radius 3 is 2.65 bits per heavy atom. The van der Waals surface area contributed by atoms with Gasteiger partial charge in [0, 0.05) is 43.4 Å². The van der Waals surface area contributed by atoms with Crippen LogP contribution < -0.4 is 20.1 Å². The molecule has 156 valence electrons. The number of aromatic nitrogens is 3. The van der Waals surface area contributed by atoms with Crippen LogP contribution >= 0.6 is 0 Å². The van der Waals surface area contributed by atoms with Crippen LogP contribution in [0.2, 0.25) is 0 Å². The van der Waals surface area contributed by atoms with Crippen LogP contribution in [-0.4, -0.2) is 35.1 Å². The Morgan fingerprint density at radius 2 is 1.84 bits per heavy atom. The number of nitrogens with one attached hydrogen (secondary N) is 1. The molecule has 1 fully saturated rings. The average molecular weight is 413 g/mol. The highest BCUT2D eigenvalue weighted by Gasteiger charge is 2.14. The molecule has 2 aromatic carbocycles. The second-order valence-corrected chi connectivity index (χ2v) is 7.63. The van der Waals surface area contributed by atoms with E-state index in [0.717, 1.165) is 24.5 Å². The maximum atomic E-state index is 12.2. The highest BCUT2D eigenvalue weighted by Crippen LogP contribution is 2.30. The summed E-state index contributed by atoms with van der Waals surface area (Å²) in [6.07, 6.45) is 5.63. The molecule has 4 aromatic rings. The van der Waals surface area contributed by atoms with Crippen LogP contribution in [0.1, 0.15) is 12.8 Å². The zero-order valence-electron chi connectivity index (χ0n) is 17.3. The van der Waals surface area contributed by atoms with Crippen molar-refractivity contribution in [2.24, 2.45) is 0 Å². The summed E-state index contributed by atoms with van der Waals surface area (Å²) in [7, 11) is 2.05. The maximum Gasteiger partial charge on any atom is 0.302 e. The van der Waals surface area contributed by atoms with Crippen LogP contribution in [0, 0.1) is 0 Å². The molecule has 31 heavy (non-hydrogen) atoms. The molecular formula is C24H23N5O2. The number of hydrogen-bond donors (Lipinski definition) is 1. The Labute approximate surface area is 179 Å². The molecule has 0 radical (unpaired) electrons. The average Bonchev–Trinajstić information content (AvgIpc) is 3.34. The van der Waals surface area contributed by atoms with Crippen molar-refractivity contribution >= 4 is 28.0 Å². The molecule has 1 aliphatic rings.